The lowest BCUT2D eigenvalue weighted by molar-refractivity contribution is 0.0729. The predicted octanol–water partition coefficient (Wildman–Crippen LogP) is 0.140. The largest absolute Gasteiger partial charge is 0.379 e. The zero-order valence-electron chi connectivity index (χ0n) is 14.2. The van der Waals surface area contributed by atoms with Crippen LogP contribution in [0.5, 0.6) is 0 Å². The van der Waals surface area contributed by atoms with Crippen molar-refractivity contribution in [2.45, 2.75) is 5.75 Å². The van der Waals surface area contributed by atoms with E-state index >= 15 is 0 Å². The van der Waals surface area contributed by atoms with Crippen molar-refractivity contribution < 1.29 is 17.9 Å². The van der Waals surface area contributed by atoms with Crippen LogP contribution < -0.4 is 5.32 Å². The summed E-state index contributed by atoms with van der Waals surface area (Å²) in [4.78, 5) is 14.0. The highest BCUT2D eigenvalue weighted by atomic mass is 32.2. The quantitative estimate of drug-likeness (QED) is 0.753. The van der Waals surface area contributed by atoms with Crippen molar-refractivity contribution in [1.29, 1.82) is 0 Å². The zero-order valence-corrected chi connectivity index (χ0v) is 15.0. The van der Waals surface area contributed by atoms with E-state index in [0.29, 0.717) is 44.0 Å². The van der Waals surface area contributed by atoms with Crippen LogP contribution in [0.2, 0.25) is 0 Å². The summed E-state index contributed by atoms with van der Waals surface area (Å²) < 4.78 is 31.4. The van der Waals surface area contributed by atoms with Crippen LogP contribution in [0.3, 0.4) is 0 Å². The fourth-order valence-electron chi connectivity index (χ4n) is 2.37. The number of carbonyl (C=O) groups is 1. The molecule has 1 fully saturated rings. The molecule has 1 N–H and O–H groups in total. The van der Waals surface area contributed by atoms with Gasteiger partial charge in [0.15, 0.2) is 0 Å². The van der Waals surface area contributed by atoms with Crippen LogP contribution in [0.1, 0.15) is 15.9 Å². The molecule has 0 saturated carbocycles. The van der Waals surface area contributed by atoms with Gasteiger partial charge in [-0.25, -0.2) is 8.42 Å². The Balaban J connectivity index is 1.92. The molecule has 0 aliphatic carbocycles. The summed E-state index contributed by atoms with van der Waals surface area (Å²) in [6, 6.07) is 6.71. The Morgan fingerprint density at radius 2 is 1.83 bits per heavy atom. The highest BCUT2D eigenvalue weighted by molar-refractivity contribution is 7.88. The maximum absolute atomic E-state index is 12.4. The first-order chi connectivity index (χ1) is 11.4. The first-order valence-electron chi connectivity index (χ1n) is 7.96. The molecule has 24 heavy (non-hydrogen) atoms. The van der Waals surface area contributed by atoms with E-state index in [9.17, 15) is 13.2 Å². The van der Waals surface area contributed by atoms with Crippen LogP contribution in [0.25, 0.3) is 0 Å². The molecule has 0 atom stereocenters. The van der Waals surface area contributed by atoms with Gasteiger partial charge in [0.05, 0.1) is 19.0 Å². The molecule has 8 heteroatoms. The summed E-state index contributed by atoms with van der Waals surface area (Å²) in [5.41, 5.74) is 1.20. The number of nitrogens with zero attached hydrogens (tertiary/aromatic N) is 2. The molecule has 0 radical (unpaired) electrons. The number of rotatable bonds is 7. The molecular formula is C16H25N3O4S. The summed E-state index contributed by atoms with van der Waals surface area (Å²) in [6.45, 7) is 3.00. The third-order valence-electron chi connectivity index (χ3n) is 3.77. The molecular weight excluding hydrogens is 330 g/mol. The van der Waals surface area contributed by atoms with Crippen molar-refractivity contribution in [2.75, 3.05) is 53.5 Å². The van der Waals surface area contributed by atoms with E-state index in [0.717, 1.165) is 6.54 Å². The highest BCUT2D eigenvalue weighted by Gasteiger charge is 2.24. The van der Waals surface area contributed by atoms with Crippen LogP contribution in [0.4, 0.5) is 0 Å². The van der Waals surface area contributed by atoms with E-state index < -0.39 is 10.0 Å². The van der Waals surface area contributed by atoms with Gasteiger partial charge < -0.3 is 15.0 Å². The Labute approximate surface area is 143 Å². The van der Waals surface area contributed by atoms with Gasteiger partial charge >= 0.3 is 0 Å². The van der Waals surface area contributed by atoms with Crippen molar-refractivity contribution in [3.05, 3.63) is 35.4 Å². The third-order valence-corrected chi connectivity index (χ3v) is 5.62. The number of benzene rings is 1. The molecule has 0 aromatic heterocycles. The van der Waals surface area contributed by atoms with E-state index in [1.165, 1.54) is 4.31 Å². The number of ether oxygens (including phenoxy) is 1. The average Bonchev–Trinajstić information content (AvgIpc) is 2.55. The maximum atomic E-state index is 12.4. The molecule has 1 saturated heterocycles. The topological polar surface area (TPSA) is 79.0 Å². The van der Waals surface area contributed by atoms with Crippen molar-refractivity contribution in [3.63, 3.8) is 0 Å². The minimum absolute atomic E-state index is 0.0600. The molecule has 134 valence electrons. The zero-order chi connectivity index (χ0) is 17.6. The molecule has 0 spiro atoms. The lowest BCUT2D eigenvalue weighted by Crippen LogP contribution is -2.41. The third kappa shape index (κ3) is 5.55. The second kappa shape index (κ2) is 8.57. The Morgan fingerprint density at radius 3 is 2.42 bits per heavy atom. The second-order valence-corrected chi connectivity index (χ2v) is 7.99. The van der Waals surface area contributed by atoms with Gasteiger partial charge in [-0.2, -0.15) is 4.31 Å². The van der Waals surface area contributed by atoms with Gasteiger partial charge in [0, 0.05) is 31.7 Å². The summed E-state index contributed by atoms with van der Waals surface area (Å²) in [5.74, 6) is -0.213. The smallest absolute Gasteiger partial charge is 0.251 e. The lowest BCUT2D eigenvalue weighted by Gasteiger charge is -2.26. The second-order valence-electron chi connectivity index (χ2n) is 6.02. The SMILES string of the molecule is CN(C)CCNC(=O)c1ccc(CS(=O)(=O)N2CCOCC2)cc1. The highest BCUT2D eigenvalue weighted by Crippen LogP contribution is 2.13. The number of hydrogen-bond acceptors (Lipinski definition) is 5. The fourth-order valence-corrected chi connectivity index (χ4v) is 3.88. The van der Waals surface area contributed by atoms with Gasteiger partial charge in [-0.15, -0.1) is 0 Å². The van der Waals surface area contributed by atoms with Gasteiger partial charge in [-0.3, -0.25) is 4.79 Å². The maximum Gasteiger partial charge on any atom is 0.251 e. The van der Waals surface area contributed by atoms with Crippen molar-refractivity contribution in [3.8, 4) is 0 Å². The van der Waals surface area contributed by atoms with E-state index in [2.05, 4.69) is 5.32 Å². The summed E-state index contributed by atoms with van der Waals surface area (Å²) in [6.07, 6.45) is 0. The van der Waals surface area contributed by atoms with E-state index in [1.54, 1.807) is 24.3 Å². The van der Waals surface area contributed by atoms with E-state index in [1.807, 2.05) is 19.0 Å². The van der Waals surface area contributed by atoms with E-state index in [-0.39, 0.29) is 11.7 Å². The summed E-state index contributed by atoms with van der Waals surface area (Å²) >= 11 is 0. The molecule has 1 aromatic carbocycles. The molecule has 1 aromatic rings. The number of hydrogen-bond donors (Lipinski definition) is 1. The van der Waals surface area contributed by atoms with Gasteiger partial charge in [0.25, 0.3) is 5.91 Å². The van der Waals surface area contributed by atoms with Crippen LogP contribution in [-0.2, 0) is 20.5 Å². The van der Waals surface area contributed by atoms with Crippen LogP contribution >= 0.6 is 0 Å². The molecule has 0 bridgehead atoms. The first-order valence-corrected chi connectivity index (χ1v) is 9.57. The molecule has 0 unspecified atom stereocenters. The molecule has 1 aliphatic rings. The number of carbonyl (C=O) groups excluding carboxylic acids is 1. The van der Waals surface area contributed by atoms with Gasteiger partial charge in [-0.05, 0) is 31.8 Å². The van der Waals surface area contributed by atoms with Gasteiger partial charge in [0.2, 0.25) is 10.0 Å². The fraction of sp³-hybridized carbons (Fsp3) is 0.562. The van der Waals surface area contributed by atoms with Gasteiger partial charge in [-0.1, -0.05) is 12.1 Å². The minimum Gasteiger partial charge on any atom is -0.379 e. The standard InChI is InChI=1S/C16H25N3O4S/c1-18(2)8-7-17-16(20)15-5-3-14(4-6-15)13-24(21,22)19-9-11-23-12-10-19/h3-6H,7-13H2,1-2H3,(H,17,20). The molecule has 7 nitrogen and oxygen atoms in total. The molecule has 1 heterocycles. The number of nitrogens with one attached hydrogen (secondary N) is 1. The monoisotopic (exact) mass is 355 g/mol. The normalized spacial score (nSPS) is 16.3. The minimum atomic E-state index is -3.35. The van der Waals surface area contributed by atoms with Gasteiger partial charge in [0.1, 0.15) is 0 Å². The Hall–Kier alpha value is -1.48. The van der Waals surface area contributed by atoms with Crippen molar-refractivity contribution in [1.82, 2.24) is 14.5 Å². The van der Waals surface area contributed by atoms with Crippen molar-refractivity contribution >= 4 is 15.9 Å². The van der Waals surface area contributed by atoms with E-state index in [4.69, 9.17) is 4.74 Å². The summed E-state index contributed by atoms with van der Waals surface area (Å²) in [7, 11) is 0.535. The number of amides is 1. The first kappa shape index (κ1) is 18.9. The Bertz CT molecular complexity index is 638. The summed E-state index contributed by atoms with van der Waals surface area (Å²) in [5, 5.41) is 2.83. The van der Waals surface area contributed by atoms with Crippen molar-refractivity contribution in [2.24, 2.45) is 0 Å². The average molecular weight is 355 g/mol. The van der Waals surface area contributed by atoms with Crippen LogP contribution in [0.15, 0.2) is 24.3 Å². The lowest BCUT2D eigenvalue weighted by atomic mass is 10.1. The molecule has 2 rings (SSSR count). The number of sulfonamides is 1. The molecule has 1 aliphatic heterocycles. The molecule has 1 amide bonds. The number of morpholine rings is 1. The van der Waals surface area contributed by atoms with Crippen LogP contribution in [-0.4, -0.2) is 77.0 Å². The number of likely N-dealkylation sites (N-methyl/N-ethyl adjacent to an activating group) is 1. The predicted molar refractivity (Wildman–Crippen MR) is 92.3 cm³/mol. The van der Waals surface area contributed by atoms with Crippen LogP contribution in [0, 0.1) is 0 Å². The Kier molecular flexibility index (Phi) is 6.73. The Morgan fingerprint density at radius 1 is 1.21 bits per heavy atom.